The van der Waals surface area contributed by atoms with Crippen LogP contribution in [0.2, 0.25) is 0 Å². The molecule has 1 atom stereocenters. The van der Waals surface area contributed by atoms with E-state index in [2.05, 4.69) is 127 Å². The van der Waals surface area contributed by atoms with Crippen molar-refractivity contribution in [2.24, 2.45) is 0 Å². The van der Waals surface area contributed by atoms with Crippen LogP contribution in [0.25, 0.3) is 39.2 Å². The lowest BCUT2D eigenvalue weighted by molar-refractivity contribution is 0.634. The molecular weight excluding hydrogens is 486 g/mol. The van der Waals surface area contributed by atoms with Gasteiger partial charge >= 0.3 is 0 Å². The number of fused-ring (bicyclic) bond motifs is 4. The van der Waals surface area contributed by atoms with Gasteiger partial charge in [0.1, 0.15) is 5.82 Å². The molecule has 3 nitrogen and oxygen atoms in total. The first-order chi connectivity index (χ1) is 19.2. The van der Waals surface area contributed by atoms with Crippen LogP contribution < -0.4 is 0 Å². The zero-order valence-corrected chi connectivity index (χ0v) is 25.2. The normalized spacial score (nSPS) is 14.7. The SMILES string of the molecule is CCC(C)c1ccc2c(c1-c1nc3ccccc3n1-c1c(C(C)C)cccc1C(C)C)C(C)(C)c1ncccc1-2. The predicted molar refractivity (Wildman–Crippen MR) is 169 cm³/mol. The number of imidazole rings is 1. The van der Waals surface area contributed by atoms with Crippen LogP contribution >= 0.6 is 0 Å². The van der Waals surface area contributed by atoms with E-state index in [0.717, 1.165) is 29.0 Å². The van der Waals surface area contributed by atoms with Crippen LogP contribution in [0, 0.1) is 0 Å². The van der Waals surface area contributed by atoms with E-state index in [1.54, 1.807) is 0 Å². The summed E-state index contributed by atoms with van der Waals surface area (Å²) >= 11 is 0. The van der Waals surface area contributed by atoms with E-state index in [9.17, 15) is 0 Å². The summed E-state index contributed by atoms with van der Waals surface area (Å²) in [6, 6.07) is 24.5. The van der Waals surface area contributed by atoms with Gasteiger partial charge in [-0.15, -0.1) is 0 Å². The second-order valence-corrected chi connectivity index (χ2v) is 12.6. The zero-order valence-electron chi connectivity index (χ0n) is 25.2. The van der Waals surface area contributed by atoms with Gasteiger partial charge in [-0.05, 0) is 70.2 Å². The van der Waals surface area contributed by atoms with Crippen LogP contribution in [0.3, 0.4) is 0 Å². The minimum atomic E-state index is -0.244. The summed E-state index contributed by atoms with van der Waals surface area (Å²) in [4.78, 5) is 10.4. The standard InChI is InChI=1S/C37H41N3/c1-9-24(6)27-19-20-28-29-16-13-21-38-35(29)37(7,8)33(28)32(27)36-39-30-17-10-11-18-31(30)40(36)34-25(22(2)3)14-12-15-26(34)23(4)5/h10-24H,9H2,1-8H3. The van der Waals surface area contributed by atoms with Gasteiger partial charge in [0.25, 0.3) is 0 Å². The molecule has 0 fully saturated rings. The Balaban J connectivity index is 1.81. The van der Waals surface area contributed by atoms with Crippen molar-refractivity contribution in [2.45, 2.75) is 85.0 Å². The Morgan fingerprint density at radius 1 is 0.750 bits per heavy atom. The number of hydrogen-bond donors (Lipinski definition) is 0. The highest BCUT2D eigenvalue weighted by Gasteiger charge is 2.41. The van der Waals surface area contributed by atoms with E-state index in [-0.39, 0.29) is 5.41 Å². The molecule has 1 aliphatic rings. The Hall–Kier alpha value is -3.72. The van der Waals surface area contributed by atoms with Crippen molar-refractivity contribution in [3.8, 4) is 28.2 Å². The van der Waals surface area contributed by atoms with Crippen LogP contribution in [0.4, 0.5) is 0 Å². The molecule has 5 aromatic rings. The molecule has 2 heterocycles. The van der Waals surface area contributed by atoms with Gasteiger partial charge in [0.15, 0.2) is 0 Å². The number of nitrogens with zero attached hydrogens (tertiary/aromatic N) is 3. The van der Waals surface area contributed by atoms with Gasteiger partial charge in [0, 0.05) is 22.7 Å². The molecule has 1 unspecified atom stereocenters. The fraction of sp³-hybridized carbons (Fsp3) is 0.351. The molecule has 3 aromatic carbocycles. The number of rotatable bonds is 6. The highest BCUT2D eigenvalue weighted by molar-refractivity contribution is 5.91. The van der Waals surface area contributed by atoms with Gasteiger partial charge in [0.2, 0.25) is 0 Å². The van der Waals surface area contributed by atoms with Crippen molar-refractivity contribution < 1.29 is 0 Å². The lowest BCUT2D eigenvalue weighted by Crippen LogP contribution is -2.20. The first-order valence-electron chi connectivity index (χ1n) is 14.9. The Kier molecular flexibility index (Phi) is 6.45. The molecule has 2 aromatic heterocycles. The van der Waals surface area contributed by atoms with Crippen molar-refractivity contribution in [1.29, 1.82) is 0 Å². The minimum absolute atomic E-state index is 0.244. The number of aromatic nitrogens is 3. The van der Waals surface area contributed by atoms with Gasteiger partial charge in [-0.1, -0.05) is 104 Å². The van der Waals surface area contributed by atoms with Gasteiger partial charge in [-0.25, -0.2) is 4.98 Å². The van der Waals surface area contributed by atoms with Crippen LogP contribution in [-0.2, 0) is 5.41 Å². The predicted octanol–water partition coefficient (Wildman–Crippen LogP) is 10.2. The Bertz CT molecular complexity index is 1710. The van der Waals surface area contributed by atoms with Crippen molar-refractivity contribution in [3.63, 3.8) is 0 Å². The van der Waals surface area contributed by atoms with E-state index >= 15 is 0 Å². The molecule has 3 heteroatoms. The summed E-state index contributed by atoms with van der Waals surface area (Å²) < 4.78 is 2.49. The average molecular weight is 528 g/mol. The molecule has 0 bridgehead atoms. The Labute approximate surface area is 239 Å². The fourth-order valence-electron chi connectivity index (χ4n) is 6.79. The smallest absolute Gasteiger partial charge is 0.146 e. The third-order valence-electron chi connectivity index (χ3n) is 9.05. The van der Waals surface area contributed by atoms with E-state index in [1.165, 1.54) is 44.6 Å². The number of hydrogen-bond acceptors (Lipinski definition) is 2. The third kappa shape index (κ3) is 3.85. The van der Waals surface area contributed by atoms with Crippen LogP contribution in [0.1, 0.15) is 108 Å². The number of benzene rings is 3. The molecule has 1 aliphatic carbocycles. The highest BCUT2D eigenvalue weighted by atomic mass is 15.1. The summed E-state index contributed by atoms with van der Waals surface area (Å²) in [6.45, 7) is 18.5. The van der Waals surface area contributed by atoms with E-state index in [4.69, 9.17) is 9.97 Å². The molecule has 0 amide bonds. The molecule has 40 heavy (non-hydrogen) atoms. The van der Waals surface area contributed by atoms with Crippen LogP contribution in [0.15, 0.2) is 72.9 Å². The second kappa shape index (κ2) is 9.73. The van der Waals surface area contributed by atoms with Crippen LogP contribution in [-0.4, -0.2) is 14.5 Å². The third-order valence-corrected chi connectivity index (χ3v) is 9.05. The van der Waals surface area contributed by atoms with E-state index in [0.29, 0.717) is 17.8 Å². The first-order valence-corrected chi connectivity index (χ1v) is 14.9. The second-order valence-electron chi connectivity index (χ2n) is 12.6. The molecule has 0 spiro atoms. The summed E-state index contributed by atoms with van der Waals surface area (Å²) in [6.07, 6.45) is 3.00. The molecule has 0 aliphatic heterocycles. The van der Waals surface area contributed by atoms with Crippen molar-refractivity contribution >= 4 is 11.0 Å². The summed E-state index contributed by atoms with van der Waals surface area (Å²) in [5, 5.41) is 0. The highest BCUT2D eigenvalue weighted by Crippen LogP contribution is 2.53. The topological polar surface area (TPSA) is 30.7 Å². The maximum Gasteiger partial charge on any atom is 0.146 e. The van der Waals surface area contributed by atoms with Crippen LogP contribution in [0.5, 0.6) is 0 Å². The summed E-state index contributed by atoms with van der Waals surface area (Å²) in [5.41, 5.74) is 13.6. The Morgan fingerprint density at radius 2 is 1.45 bits per heavy atom. The molecule has 6 rings (SSSR count). The molecule has 0 N–H and O–H groups in total. The molecule has 0 saturated carbocycles. The first kappa shape index (κ1) is 26.5. The Morgan fingerprint density at radius 3 is 2.12 bits per heavy atom. The van der Waals surface area contributed by atoms with Gasteiger partial charge in [-0.2, -0.15) is 0 Å². The average Bonchev–Trinajstić information content (AvgIpc) is 3.44. The maximum atomic E-state index is 5.49. The van der Waals surface area contributed by atoms with Crippen molar-refractivity contribution in [3.05, 3.63) is 101 Å². The lowest BCUT2D eigenvalue weighted by atomic mass is 9.78. The van der Waals surface area contributed by atoms with Crippen molar-refractivity contribution in [2.75, 3.05) is 0 Å². The van der Waals surface area contributed by atoms with Gasteiger partial charge < -0.3 is 0 Å². The van der Waals surface area contributed by atoms with E-state index < -0.39 is 0 Å². The monoisotopic (exact) mass is 527 g/mol. The maximum absolute atomic E-state index is 5.49. The minimum Gasteiger partial charge on any atom is -0.292 e. The molecular formula is C37H41N3. The van der Waals surface area contributed by atoms with Gasteiger partial charge in [0.05, 0.1) is 22.4 Å². The fourth-order valence-corrected chi connectivity index (χ4v) is 6.79. The van der Waals surface area contributed by atoms with Gasteiger partial charge in [-0.3, -0.25) is 9.55 Å². The van der Waals surface area contributed by atoms with E-state index in [1.807, 2.05) is 6.20 Å². The summed E-state index contributed by atoms with van der Waals surface area (Å²) in [5.74, 6) is 2.20. The number of pyridine rings is 1. The molecule has 0 saturated heterocycles. The lowest BCUT2D eigenvalue weighted by Gasteiger charge is -2.28. The van der Waals surface area contributed by atoms with Crippen molar-refractivity contribution in [1.82, 2.24) is 14.5 Å². The quantitative estimate of drug-likeness (QED) is 0.220. The summed E-state index contributed by atoms with van der Waals surface area (Å²) in [7, 11) is 0. The number of para-hydroxylation sites is 3. The molecule has 0 radical (unpaired) electrons. The zero-order chi connectivity index (χ0) is 28.3. The largest absolute Gasteiger partial charge is 0.292 e. The molecule has 204 valence electrons.